The zero-order valence-electron chi connectivity index (χ0n) is 20.9. The van der Waals surface area contributed by atoms with Crippen molar-refractivity contribution in [2.24, 2.45) is 4.99 Å². The van der Waals surface area contributed by atoms with Crippen LogP contribution in [0.3, 0.4) is 0 Å². The Kier molecular flexibility index (Phi) is 7.66. The first-order valence-corrected chi connectivity index (χ1v) is 12.6. The number of aryl methyl sites for hydroxylation is 1. The molecule has 6 nitrogen and oxygen atoms in total. The van der Waals surface area contributed by atoms with Crippen molar-refractivity contribution in [2.45, 2.75) is 34.1 Å². The minimum Gasteiger partial charge on any atom is -0.497 e. The highest BCUT2D eigenvalue weighted by atomic mass is 32.2. The van der Waals surface area contributed by atoms with Crippen molar-refractivity contribution in [3.05, 3.63) is 76.5 Å². The fourth-order valence-electron chi connectivity index (χ4n) is 4.11. The van der Waals surface area contributed by atoms with Gasteiger partial charge in [0.1, 0.15) is 11.5 Å². The molecule has 1 aliphatic rings. The van der Waals surface area contributed by atoms with Crippen LogP contribution in [0.4, 0.5) is 5.69 Å². The van der Waals surface area contributed by atoms with E-state index in [1.807, 2.05) is 61.5 Å². The smallest absolute Gasteiger partial charge is 0.266 e. The van der Waals surface area contributed by atoms with Gasteiger partial charge in [0.25, 0.3) is 5.91 Å². The summed E-state index contributed by atoms with van der Waals surface area (Å²) in [6, 6.07) is 17.7. The van der Waals surface area contributed by atoms with Crippen LogP contribution in [0.25, 0.3) is 11.8 Å². The normalized spacial score (nSPS) is 15.9. The molecule has 0 atom stereocenters. The topological polar surface area (TPSA) is 56.1 Å². The van der Waals surface area contributed by atoms with Crippen LogP contribution in [-0.4, -0.2) is 40.8 Å². The minimum atomic E-state index is -0.00390. The molecule has 1 amide bonds. The van der Waals surface area contributed by atoms with E-state index in [1.165, 1.54) is 11.8 Å². The molecule has 0 saturated carbocycles. The Morgan fingerprint density at radius 2 is 1.69 bits per heavy atom. The Morgan fingerprint density at radius 1 is 1.00 bits per heavy atom. The van der Waals surface area contributed by atoms with E-state index in [0.717, 1.165) is 46.2 Å². The quantitative estimate of drug-likeness (QED) is 0.338. The molecule has 4 rings (SSSR count). The SMILES string of the molecule is CCCN1C(=O)/C(=C/c2cc(C)n(-c3ccc(OC)cc3)c2C)SC1=Nc1ccc(OCC)cc1. The van der Waals surface area contributed by atoms with E-state index in [1.54, 1.807) is 12.0 Å². The first-order valence-electron chi connectivity index (χ1n) is 11.8. The lowest BCUT2D eigenvalue weighted by Crippen LogP contribution is -2.29. The molecule has 1 saturated heterocycles. The van der Waals surface area contributed by atoms with Gasteiger partial charge >= 0.3 is 0 Å². The van der Waals surface area contributed by atoms with E-state index < -0.39 is 0 Å². The maximum atomic E-state index is 13.3. The summed E-state index contributed by atoms with van der Waals surface area (Å²) in [6.07, 6.45) is 2.84. The molecule has 0 spiro atoms. The van der Waals surface area contributed by atoms with Gasteiger partial charge in [0.2, 0.25) is 0 Å². The van der Waals surface area contributed by atoms with E-state index in [4.69, 9.17) is 14.5 Å². The lowest BCUT2D eigenvalue weighted by atomic mass is 10.2. The second-order valence-corrected chi connectivity index (χ2v) is 9.26. The molecule has 35 heavy (non-hydrogen) atoms. The highest BCUT2D eigenvalue weighted by Gasteiger charge is 2.33. The van der Waals surface area contributed by atoms with Crippen LogP contribution in [0, 0.1) is 13.8 Å². The molecule has 182 valence electrons. The number of amides is 1. The third-order valence-corrected chi connectivity index (χ3v) is 6.80. The molecular formula is C28H31N3O3S. The molecule has 0 unspecified atom stereocenters. The van der Waals surface area contributed by atoms with Crippen molar-refractivity contribution in [2.75, 3.05) is 20.3 Å². The minimum absolute atomic E-state index is 0.00390. The average molecular weight is 490 g/mol. The molecule has 0 bridgehead atoms. The van der Waals surface area contributed by atoms with Gasteiger partial charge in [-0.1, -0.05) is 6.92 Å². The zero-order valence-corrected chi connectivity index (χ0v) is 21.7. The number of nitrogens with zero attached hydrogens (tertiary/aromatic N) is 3. The van der Waals surface area contributed by atoms with Gasteiger partial charge in [0, 0.05) is 23.6 Å². The van der Waals surface area contributed by atoms with Gasteiger partial charge in [0.15, 0.2) is 5.17 Å². The third-order valence-electron chi connectivity index (χ3n) is 5.80. The number of ether oxygens (including phenoxy) is 2. The van der Waals surface area contributed by atoms with Gasteiger partial charge in [-0.25, -0.2) is 4.99 Å². The van der Waals surface area contributed by atoms with Crippen molar-refractivity contribution in [3.8, 4) is 17.2 Å². The molecule has 0 N–H and O–H groups in total. The number of amidine groups is 1. The number of carbonyl (C=O) groups is 1. The van der Waals surface area contributed by atoms with Crippen LogP contribution in [-0.2, 0) is 4.79 Å². The van der Waals surface area contributed by atoms with E-state index >= 15 is 0 Å². The summed E-state index contributed by atoms with van der Waals surface area (Å²) in [7, 11) is 1.66. The number of carbonyl (C=O) groups excluding carboxylic acids is 1. The van der Waals surface area contributed by atoms with Gasteiger partial charge in [-0.05, 0) is 105 Å². The zero-order chi connectivity index (χ0) is 24.9. The predicted octanol–water partition coefficient (Wildman–Crippen LogP) is 6.52. The van der Waals surface area contributed by atoms with E-state index in [9.17, 15) is 4.79 Å². The Bertz CT molecular complexity index is 1260. The average Bonchev–Trinajstić information content (AvgIpc) is 3.30. The standard InChI is InChI=1S/C28H31N3O3S/c1-6-16-30-27(32)26(35-28(30)29-22-8-12-25(13-9-22)34-7-2)18-21-17-19(3)31(20(21)4)23-10-14-24(33-5)15-11-23/h8-15,17-18H,6-7,16H2,1-5H3/b26-18-,29-28?. The van der Waals surface area contributed by atoms with Crippen molar-refractivity contribution in [3.63, 3.8) is 0 Å². The molecule has 1 aliphatic heterocycles. The number of aliphatic imine (C=N–C) groups is 1. The van der Waals surface area contributed by atoms with Crippen molar-refractivity contribution >= 4 is 34.6 Å². The van der Waals surface area contributed by atoms with Gasteiger partial charge in [0.05, 0.1) is 24.3 Å². The number of methoxy groups -OCH3 is 1. The summed E-state index contributed by atoms with van der Waals surface area (Å²) in [5.41, 5.74) is 5.05. The Morgan fingerprint density at radius 3 is 2.31 bits per heavy atom. The van der Waals surface area contributed by atoms with Gasteiger partial charge in [-0.2, -0.15) is 0 Å². The summed E-state index contributed by atoms with van der Waals surface area (Å²) >= 11 is 1.43. The van der Waals surface area contributed by atoms with Crippen LogP contribution in [0.5, 0.6) is 11.5 Å². The van der Waals surface area contributed by atoms with E-state index in [2.05, 4.69) is 31.4 Å². The van der Waals surface area contributed by atoms with Crippen LogP contribution in [0.15, 0.2) is 64.5 Å². The van der Waals surface area contributed by atoms with Crippen molar-refractivity contribution < 1.29 is 14.3 Å². The van der Waals surface area contributed by atoms with Crippen molar-refractivity contribution in [1.82, 2.24) is 9.47 Å². The van der Waals surface area contributed by atoms with Crippen LogP contribution < -0.4 is 9.47 Å². The first-order chi connectivity index (χ1) is 16.9. The molecule has 1 fully saturated rings. The number of hydrogen-bond donors (Lipinski definition) is 0. The third kappa shape index (κ3) is 5.30. The largest absolute Gasteiger partial charge is 0.497 e. The van der Waals surface area contributed by atoms with E-state index in [-0.39, 0.29) is 5.91 Å². The van der Waals surface area contributed by atoms with Crippen molar-refractivity contribution in [1.29, 1.82) is 0 Å². The predicted molar refractivity (Wildman–Crippen MR) is 144 cm³/mol. The lowest BCUT2D eigenvalue weighted by Gasteiger charge is -2.14. The van der Waals surface area contributed by atoms with Gasteiger partial charge in [-0.3, -0.25) is 9.69 Å². The summed E-state index contributed by atoms with van der Waals surface area (Å²) in [5.74, 6) is 1.63. The van der Waals surface area contributed by atoms with Crippen LogP contribution in [0.1, 0.15) is 37.2 Å². The molecule has 3 aromatic rings. The second kappa shape index (κ2) is 10.9. The number of aromatic nitrogens is 1. The summed E-state index contributed by atoms with van der Waals surface area (Å²) < 4.78 is 13.0. The molecular weight excluding hydrogens is 458 g/mol. The number of hydrogen-bond acceptors (Lipinski definition) is 5. The van der Waals surface area contributed by atoms with Gasteiger partial charge in [-0.15, -0.1) is 0 Å². The van der Waals surface area contributed by atoms with Crippen LogP contribution in [0.2, 0.25) is 0 Å². The monoisotopic (exact) mass is 489 g/mol. The van der Waals surface area contributed by atoms with Gasteiger partial charge < -0.3 is 14.0 Å². The summed E-state index contributed by atoms with van der Waals surface area (Å²) in [6.45, 7) is 9.42. The maximum absolute atomic E-state index is 13.3. The second-order valence-electron chi connectivity index (χ2n) is 8.25. The molecule has 2 aromatic carbocycles. The molecule has 1 aromatic heterocycles. The maximum Gasteiger partial charge on any atom is 0.266 e. The number of rotatable bonds is 8. The first kappa shape index (κ1) is 24.7. The highest BCUT2D eigenvalue weighted by Crippen LogP contribution is 2.36. The van der Waals surface area contributed by atoms with Crippen LogP contribution >= 0.6 is 11.8 Å². The Balaban J connectivity index is 1.65. The Hall–Kier alpha value is -3.45. The lowest BCUT2D eigenvalue weighted by molar-refractivity contribution is -0.122. The van der Waals surface area contributed by atoms with E-state index in [0.29, 0.717) is 23.2 Å². The summed E-state index contributed by atoms with van der Waals surface area (Å²) in [4.78, 5) is 20.5. The number of thioether (sulfide) groups is 1. The number of benzene rings is 2. The Labute approximate surface area is 211 Å². The molecule has 7 heteroatoms. The fourth-order valence-corrected chi connectivity index (χ4v) is 5.13. The fraction of sp³-hybridized carbons (Fsp3) is 0.286. The molecule has 2 heterocycles. The molecule has 0 aliphatic carbocycles. The summed E-state index contributed by atoms with van der Waals surface area (Å²) in [5, 5.41) is 0.705. The highest BCUT2D eigenvalue weighted by molar-refractivity contribution is 8.18. The molecule has 0 radical (unpaired) electrons.